The van der Waals surface area contributed by atoms with Gasteiger partial charge in [0.15, 0.2) is 0 Å². The van der Waals surface area contributed by atoms with Crippen LogP contribution in [0.3, 0.4) is 0 Å². The summed E-state index contributed by atoms with van der Waals surface area (Å²) in [4.78, 5) is 29.5. The Morgan fingerprint density at radius 3 is 2.75 bits per heavy atom. The molecule has 3 heterocycles. The fourth-order valence-electron chi connectivity index (χ4n) is 4.25. The van der Waals surface area contributed by atoms with Gasteiger partial charge in [-0.25, -0.2) is 0 Å². The first kappa shape index (κ1) is 24.1. The van der Waals surface area contributed by atoms with Gasteiger partial charge in [0.05, 0.1) is 28.8 Å². The van der Waals surface area contributed by atoms with E-state index in [9.17, 15) is 14.7 Å². The second kappa shape index (κ2) is 9.77. The number of hydrogen-bond donors (Lipinski definition) is 2. The zero-order valence-corrected chi connectivity index (χ0v) is 21.0. The minimum atomic E-state index is -0.388. The number of nitrogen functional groups attached to an aromatic ring is 1. The number of aliphatic hydroxyl groups is 1. The topological polar surface area (TPSA) is 111 Å². The SMILES string of the molecule is Cc1cc(N)nn1C(=O)c1ccc(N(CCO)C(=O)c2cc3c(s2)-c2ccccc2OCC3)c(Cl)c1. The number of halogens is 1. The molecule has 0 atom stereocenters. The summed E-state index contributed by atoms with van der Waals surface area (Å²) in [5.74, 6) is 0.367. The third-order valence-corrected chi connectivity index (χ3v) is 7.43. The number of anilines is 2. The van der Waals surface area contributed by atoms with Crippen molar-refractivity contribution in [3.05, 3.63) is 81.3 Å². The Bertz CT molecular complexity index is 1480. The van der Waals surface area contributed by atoms with Crippen LogP contribution in [0.4, 0.5) is 11.5 Å². The molecule has 2 aromatic carbocycles. The van der Waals surface area contributed by atoms with Crippen molar-refractivity contribution in [2.45, 2.75) is 13.3 Å². The van der Waals surface area contributed by atoms with Crippen molar-refractivity contribution >= 4 is 46.3 Å². The lowest BCUT2D eigenvalue weighted by molar-refractivity contribution is 0.0942. The number of aryl methyl sites for hydroxylation is 1. The van der Waals surface area contributed by atoms with Gasteiger partial charge in [0.25, 0.3) is 11.8 Å². The normalized spacial score (nSPS) is 12.3. The largest absolute Gasteiger partial charge is 0.493 e. The Hall–Kier alpha value is -3.66. The number of para-hydroxylation sites is 1. The number of nitrogens with zero attached hydrogens (tertiary/aromatic N) is 3. The Labute approximate surface area is 216 Å². The molecule has 184 valence electrons. The maximum atomic E-state index is 13.6. The molecule has 5 rings (SSSR count). The van der Waals surface area contributed by atoms with E-state index in [0.29, 0.717) is 34.8 Å². The third-order valence-electron chi connectivity index (χ3n) is 5.93. The van der Waals surface area contributed by atoms with Gasteiger partial charge in [0.1, 0.15) is 11.6 Å². The lowest BCUT2D eigenvalue weighted by Gasteiger charge is -2.23. The predicted octanol–water partition coefficient (Wildman–Crippen LogP) is 4.42. The van der Waals surface area contributed by atoms with Gasteiger partial charge >= 0.3 is 0 Å². The quantitative estimate of drug-likeness (QED) is 0.401. The number of aliphatic hydroxyl groups excluding tert-OH is 1. The van der Waals surface area contributed by atoms with E-state index in [-0.39, 0.29) is 35.8 Å². The van der Waals surface area contributed by atoms with E-state index in [1.807, 2.05) is 30.3 Å². The molecule has 0 fully saturated rings. The Balaban J connectivity index is 1.47. The van der Waals surface area contributed by atoms with Gasteiger partial charge in [-0.05, 0) is 48.9 Å². The first-order valence-corrected chi connectivity index (χ1v) is 12.5. The number of hydrogen-bond acceptors (Lipinski definition) is 7. The lowest BCUT2D eigenvalue weighted by Crippen LogP contribution is -2.33. The molecule has 0 bridgehead atoms. The summed E-state index contributed by atoms with van der Waals surface area (Å²) in [6, 6.07) is 15.9. The number of amides is 1. The molecule has 36 heavy (non-hydrogen) atoms. The van der Waals surface area contributed by atoms with Crippen LogP contribution >= 0.6 is 22.9 Å². The summed E-state index contributed by atoms with van der Waals surface area (Å²) >= 11 is 7.95. The van der Waals surface area contributed by atoms with Crippen molar-refractivity contribution < 1.29 is 19.4 Å². The molecule has 0 radical (unpaired) electrons. The summed E-state index contributed by atoms with van der Waals surface area (Å²) in [6.45, 7) is 2.04. The number of carbonyl (C=O) groups excluding carboxylic acids is 2. The van der Waals surface area contributed by atoms with Crippen LogP contribution < -0.4 is 15.4 Å². The summed E-state index contributed by atoms with van der Waals surface area (Å²) < 4.78 is 7.06. The third kappa shape index (κ3) is 4.37. The molecule has 0 saturated carbocycles. The standard InChI is InChI=1S/C26H23ClN4O4S/c1-15-12-23(28)29-31(15)25(33)17-6-7-20(19(27)13-17)30(9-10-32)26(34)22-14-16-8-11-35-21-5-3-2-4-18(21)24(16)36-22/h2-7,12-14,32H,8-11H2,1H3,(H2,28,29). The van der Waals surface area contributed by atoms with E-state index in [0.717, 1.165) is 21.8 Å². The van der Waals surface area contributed by atoms with Gasteiger partial charge < -0.3 is 20.5 Å². The highest BCUT2D eigenvalue weighted by Gasteiger charge is 2.26. The van der Waals surface area contributed by atoms with Gasteiger partial charge in [0, 0.05) is 40.7 Å². The van der Waals surface area contributed by atoms with Crippen LogP contribution in [-0.2, 0) is 6.42 Å². The highest BCUT2D eigenvalue weighted by Crippen LogP contribution is 2.41. The van der Waals surface area contributed by atoms with Crippen LogP contribution in [0.15, 0.2) is 54.6 Å². The van der Waals surface area contributed by atoms with Crippen molar-refractivity contribution in [1.82, 2.24) is 9.78 Å². The van der Waals surface area contributed by atoms with Gasteiger partial charge in [-0.15, -0.1) is 16.4 Å². The van der Waals surface area contributed by atoms with Crippen LogP contribution in [0.1, 0.15) is 31.3 Å². The van der Waals surface area contributed by atoms with Crippen molar-refractivity contribution in [3.63, 3.8) is 0 Å². The number of rotatable bonds is 5. The van der Waals surface area contributed by atoms with E-state index in [1.165, 1.54) is 27.0 Å². The number of carbonyl (C=O) groups is 2. The Morgan fingerprint density at radius 2 is 2.03 bits per heavy atom. The van der Waals surface area contributed by atoms with E-state index >= 15 is 0 Å². The Morgan fingerprint density at radius 1 is 1.22 bits per heavy atom. The van der Waals surface area contributed by atoms with Gasteiger partial charge in [0.2, 0.25) is 0 Å². The zero-order valence-electron chi connectivity index (χ0n) is 19.4. The molecule has 8 nitrogen and oxygen atoms in total. The van der Waals surface area contributed by atoms with E-state index < -0.39 is 0 Å². The van der Waals surface area contributed by atoms with Crippen molar-refractivity contribution in [2.24, 2.45) is 0 Å². The summed E-state index contributed by atoms with van der Waals surface area (Å²) in [7, 11) is 0. The van der Waals surface area contributed by atoms with E-state index in [2.05, 4.69) is 5.10 Å². The number of thiophene rings is 1. The fraction of sp³-hybridized carbons (Fsp3) is 0.192. The smallest absolute Gasteiger partial charge is 0.278 e. The fourth-order valence-corrected chi connectivity index (χ4v) is 5.72. The monoisotopic (exact) mass is 522 g/mol. The predicted molar refractivity (Wildman–Crippen MR) is 140 cm³/mol. The van der Waals surface area contributed by atoms with E-state index in [4.69, 9.17) is 22.1 Å². The molecular formula is C26H23ClN4O4S. The molecule has 4 aromatic rings. The number of aromatic nitrogens is 2. The highest BCUT2D eigenvalue weighted by molar-refractivity contribution is 7.17. The molecule has 1 aliphatic heterocycles. The molecule has 1 aliphatic rings. The van der Waals surface area contributed by atoms with Crippen molar-refractivity contribution in [3.8, 4) is 16.2 Å². The molecule has 3 N–H and O–H groups in total. The number of fused-ring (bicyclic) bond motifs is 3. The first-order chi connectivity index (χ1) is 17.4. The van der Waals surface area contributed by atoms with Crippen LogP contribution in [-0.4, -0.2) is 46.5 Å². The molecule has 0 spiro atoms. The van der Waals surface area contributed by atoms with Crippen molar-refractivity contribution in [1.29, 1.82) is 0 Å². The van der Waals surface area contributed by atoms with Gasteiger partial charge in [-0.3, -0.25) is 9.59 Å². The van der Waals surface area contributed by atoms with E-state index in [1.54, 1.807) is 25.1 Å². The molecule has 0 aliphatic carbocycles. The summed E-state index contributed by atoms with van der Waals surface area (Å²) in [5, 5.41) is 13.9. The van der Waals surface area contributed by atoms with Gasteiger partial charge in [-0.2, -0.15) is 4.68 Å². The molecule has 0 saturated heterocycles. The van der Waals surface area contributed by atoms with Crippen LogP contribution in [0, 0.1) is 6.92 Å². The van der Waals surface area contributed by atoms with Crippen LogP contribution in [0.5, 0.6) is 5.75 Å². The maximum Gasteiger partial charge on any atom is 0.278 e. The molecule has 2 aromatic heterocycles. The molecule has 1 amide bonds. The average Bonchev–Trinajstić information content (AvgIpc) is 3.39. The molecular weight excluding hydrogens is 500 g/mol. The molecule has 10 heteroatoms. The zero-order chi connectivity index (χ0) is 25.4. The van der Waals surface area contributed by atoms with Crippen molar-refractivity contribution in [2.75, 3.05) is 30.4 Å². The Kier molecular flexibility index (Phi) is 6.53. The highest BCUT2D eigenvalue weighted by atomic mass is 35.5. The van der Waals surface area contributed by atoms with Crippen LogP contribution in [0.2, 0.25) is 5.02 Å². The first-order valence-electron chi connectivity index (χ1n) is 11.3. The minimum absolute atomic E-state index is 0.0446. The minimum Gasteiger partial charge on any atom is -0.493 e. The number of benzene rings is 2. The second-order valence-corrected chi connectivity index (χ2v) is 9.79. The number of ether oxygens (including phenoxy) is 1. The number of nitrogens with two attached hydrogens (primary N) is 1. The second-order valence-electron chi connectivity index (χ2n) is 8.33. The summed E-state index contributed by atoms with van der Waals surface area (Å²) in [6.07, 6.45) is 0.683. The summed E-state index contributed by atoms with van der Waals surface area (Å²) in [5.41, 5.74) is 8.99. The lowest BCUT2D eigenvalue weighted by atomic mass is 10.1. The van der Waals surface area contributed by atoms with Crippen LogP contribution in [0.25, 0.3) is 10.4 Å². The molecule has 0 unspecified atom stereocenters. The van der Waals surface area contributed by atoms with Gasteiger partial charge in [-0.1, -0.05) is 23.7 Å². The maximum absolute atomic E-state index is 13.6. The average molecular weight is 523 g/mol.